The molecule has 16 rings (SSSR count). The summed E-state index contributed by atoms with van der Waals surface area (Å²) in [5.41, 5.74) is 0.287. The molecule has 4 saturated heterocycles. The van der Waals surface area contributed by atoms with Crippen LogP contribution in [0.2, 0.25) is 17.3 Å². The quantitative estimate of drug-likeness (QED) is 0.0490. The lowest BCUT2D eigenvalue weighted by Gasteiger charge is -2.47. The summed E-state index contributed by atoms with van der Waals surface area (Å²) >= 11 is 29.7. The van der Waals surface area contributed by atoms with E-state index < -0.39 is 54.4 Å². The number of thiophene rings is 4. The molecule has 1 aliphatic carbocycles. The van der Waals surface area contributed by atoms with Crippen molar-refractivity contribution in [3.63, 3.8) is 0 Å². The van der Waals surface area contributed by atoms with E-state index in [0.29, 0.717) is 91.0 Å². The average Bonchev–Trinajstić information content (AvgIpc) is 1.77. The van der Waals surface area contributed by atoms with Crippen molar-refractivity contribution < 1.29 is 65.0 Å². The van der Waals surface area contributed by atoms with Crippen molar-refractivity contribution in [2.45, 2.75) is 220 Å². The second-order valence-electron chi connectivity index (χ2n) is 29.9. The van der Waals surface area contributed by atoms with E-state index in [4.69, 9.17) is 75.3 Å². The Morgan fingerprint density at radius 3 is 1.31 bits per heavy atom. The Morgan fingerprint density at radius 1 is 0.571 bits per heavy atom. The van der Waals surface area contributed by atoms with Gasteiger partial charge in [0.2, 0.25) is 0 Å². The van der Waals surface area contributed by atoms with Crippen molar-refractivity contribution in [2.75, 3.05) is 46.8 Å². The Balaban J connectivity index is 0.000000124. The van der Waals surface area contributed by atoms with Gasteiger partial charge in [-0.15, -0.1) is 60.6 Å². The van der Waals surface area contributed by atoms with Gasteiger partial charge in [-0.3, -0.25) is 14.2 Å². The zero-order valence-electron chi connectivity index (χ0n) is 58.7. The minimum Gasteiger partial charge on any atom is -0.469 e. The number of aromatic nitrogens is 9. The zero-order chi connectivity index (χ0) is 75.0. The van der Waals surface area contributed by atoms with E-state index in [0.717, 1.165) is 65.8 Å². The first-order valence-corrected chi connectivity index (χ1v) is 39.8. The van der Waals surface area contributed by atoms with Crippen molar-refractivity contribution in [1.82, 2.24) is 66.2 Å². The summed E-state index contributed by atoms with van der Waals surface area (Å²) in [6.07, 6.45) is 13.0. The fraction of sp³-hybridized carbons (Fsp3) is 0.652. The van der Waals surface area contributed by atoms with E-state index in [2.05, 4.69) is 65.2 Å². The molecule has 22 nitrogen and oxygen atoms in total. The number of nitriles is 1. The van der Waals surface area contributed by atoms with E-state index in [-0.39, 0.29) is 108 Å². The number of aliphatic hydroxyl groups is 2. The third-order valence-electron chi connectivity index (χ3n) is 21.3. The maximum atomic E-state index is 14.4. The number of hydrogen-bond donors (Lipinski definition) is 6. The number of hydrogen-bond acceptors (Lipinski definition) is 23. The maximum Gasteiger partial charge on any atom is 0.313 e. The Bertz CT molecular complexity index is 4160. The molecule has 572 valence electrons. The van der Waals surface area contributed by atoms with Gasteiger partial charge in [0.15, 0.2) is 0 Å². The fourth-order valence-corrected chi connectivity index (χ4v) is 22.4. The number of carbonyl (C=O) groups is 1. The first-order valence-electron chi connectivity index (χ1n) is 35.1. The molecule has 8 aliphatic heterocycles. The van der Waals surface area contributed by atoms with E-state index in [1.54, 1.807) is 26.9 Å². The second kappa shape index (κ2) is 30.7. The maximum absolute atomic E-state index is 14.4. The first kappa shape index (κ1) is 78.6. The minimum absolute atomic E-state index is 0.0120. The van der Waals surface area contributed by atoms with Gasteiger partial charge >= 0.3 is 5.97 Å². The number of ether oxygens (including phenoxy) is 5. The van der Waals surface area contributed by atoms with Crippen LogP contribution in [0.5, 0.6) is 0 Å². The third kappa shape index (κ3) is 16.1. The third-order valence-corrected chi connectivity index (χ3v) is 27.2. The predicted molar refractivity (Wildman–Crippen MR) is 384 cm³/mol. The van der Waals surface area contributed by atoms with E-state index in [1.807, 2.05) is 53.1 Å². The summed E-state index contributed by atoms with van der Waals surface area (Å²) in [6.45, 7) is 12.2. The van der Waals surface area contributed by atoms with Crippen molar-refractivity contribution >= 4 is 97.7 Å². The molecule has 0 aromatic carbocycles. The number of carbonyl (C=O) groups excluding carboxylic acids is 1. The monoisotopic (exact) mass is 1620 g/mol. The topological polar surface area (TPSA) is 268 Å². The van der Waals surface area contributed by atoms with Crippen LogP contribution in [0, 0.1) is 28.6 Å². The van der Waals surface area contributed by atoms with Gasteiger partial charge in [-0.1, -0.05) is 75.9 Å². The number of nitrogens with one attached hydrogen (secondary N) is 4. The van der Waals surface area contributed by atoms with Gasteiger partial charge in [-0.25, -0.2) is 4.68 Å². The standard InChI is InChI=1S/2C18H23ClF2N4O2S.C17H22ClNO3S.C16H16ClF2N5OS/c2*1-10(8-26)6-25-7-14(23-24-25)13-5-17(4-11(2)22-13)16-12(3-15(19)28-16)18(20,21)9-27-17;1-10-8-17(14-11(3-6-22-17)7-13(18)23-14)9-12(19-10)16(4-5-16)15(20)21-2;1-9-5-15(6-11(21-9)12-7-24(3-2-20)23-22-12)14-10(4-13(17)26-14)16(18,19)8-25-15/h2*3,7,10-11,13,22,26H,4-6,8-9H2,1-2H3;7,10,12,19H,3-6,8-9H2,1-2H3;4,7,9,11,21H,3,5-6,8H2,1H3/t10?,11-,13-,17-;10-,11-,13-,17-;;9-,11-,15-/m00.0/s1. The molecule has 9 aliphatic rings. The van der Waals surface area contributed by atoms with Gasteiger partial charge in [-0.05, 0) is 121 Å². The summed E-state index contributed by atoms with van der Waals surface area (Å²) in [6, 6.07) is 8.13. The van der Waals surface area contributed by atoms with Crippen LogP contribution in [0.15, 0.2) is 42.9 Å². The normalized spacial score (nSPS) is 31.3. The fourth-order valence-electron chi connectivity index (χ4n) is 16.6. The van der Waals surface area contributed by atoms with E-state index in [9.17, 15) is 41.4 Å². The lowest BCUT2D eigenvalue weighted by Crippen LogP contribution is -2.57. The lowest BCUT2D eigenvalue weighted by molar-refractivity contribution is -0.183. The highest BCUT2D eigenvalue weighted by molar-refractivity contribution is 7.17. The molecule has 4 unspecified atom stereocenters. The minimum atomic E-state index is -3.04. The molecule has 0 bridgehead atoms. The Morgan fingerprint density at radius 2 is 0.933 bits per heavy atom. The smallest absolute Gasteiger partial charge is 0.313 e. The molecule has 1 saturated carbocycles. The molecular formula is C69H84Cl4F6N14O8S4. The number of aliphatic hydroxyl groups excluding tert-OH is 2. The molecule has 14 atom stereocenters. The van der Waals surface area contributed by atoms with Gasteiger partial charge in [0, 0.05) is 112 Å². The van der Waals surface area contributed by atoms with Gasteiger partial charge < -0.3 is 55.2 Å². The summed E-state index contributed by atoms with van der Waals surface area (Å²) in [4.78, 5) is 15.1. The van der Waals surface area contributed by atoms with Gasteiger partial charge in [-0.2, -0.15) is 31.6 Å². The summed E-state index contributed by atoms with van der Waals surface area (Å²) in [5, 5.41) is 66.2. The zero-order valence-corrected chi connectivity index (χ0v) is 65.0. The molecule has 0 radical (unpaired) electrons. The van der Waals surface area contributed by atoms with Crippen LogP contribution in [0.1, 0.15) is 183 Å². The van der Waals surface area contributed by atoms with Crippen molar-refractivity contribution in [1.29, 1.82) is 5.26 Å². The highest BCUT2D eigenvalue weighted by atomic mass is 35.5. The average molecular weight is 1620 g/mol. The molecule has 6 N–H and O–H groups in total. The van der Waals surface area contributed by atoms with Crippen LogP contribution < -0.4 is 21.3 Å². The van der Waals surface area contributed by atoms with Gasteiger partial charge in [0.05, 0.1) is 96.3 Å². The molecule has 105 heavy (non-hydrogen) atoms. The van der Waals surface area contributed by atoms with Gasteiger partial charge in [0.1, 0.15) is 48.8 Å². The molecule has 0 amide bonds. The highest BCUT2D eigenvalue weighted by Gasteiger charge is 2.62. The number of nitrogens with zero attached hydrogens (tertiary/aromatic N) is 10. The molecule has 15 heterocycles. The highest BCUT2D eigenvalue weighted by Crippen LogP contribution is 2.60. The van der Waals surface area contributed by atoms with Crippen LogP contribution >= 0.6 is 91.8 Å². The van der Waals surface area contributed by atoms with Crippen molar-refractivity contribution in [2.24, 2.45) is 17.3 Å². The number of piperidine rings is 4. The van der Waals surface area contributed by atoms with E-state index >= 15 is 0 Å². The van der Waals surface area contributed by atoms with Crippen LogP contribution in [-0.2, 0) is 94.7 Å². The van der Waals surface area contributed by atoms with Crippen molar-refractivity contribution in [3.05, 3.63) is 119 Å². The molecule has 4 spiro atoms. The Hall–Kier alpha value is -4.48. The van der Waals surface area contributed by atoms with Crippen LogP contribution in [0.4, 0.5) is 26.3 Å². The first-order chi connectivity index (χ1) is 49.8. The molecule has 36 heteroatoms. The number of alkyl halides is 6. The molecule has 7 aromatic rings. The summed E-state index contributed by atoms with van der Waals surface area (Å²) < 4.78 is 122. The van der Waals surface area contributed by atoms with Gasteiger partial charge in [0.25, 0.3) is 17.8 Å². The molecule has 7 aromatic heterocycles. The van der Waals surface area contributed by atoms with Crippen LogP contribution in [0.3, 0.4) is 0 Å². The number of rotatable bonds is 12. The number of methoxy groups -OCH3 is 1. The lowest BCUT2D eigenvalue weighted by atomic mass is 9.75. The second-order valence-corrected chi connectivity index (χ2v) is 36.6. The summed E-state index contributed by atoms with van der Waals surface area (Å²) in [7, 11) is 1.48. The van der Waals surface area contributed by atoms with Crippen LogP contribution in [0.25, 0.3) is 0 Å². The number of fused-ring (bicyclic) bond motifs is 8. The van der Waals surface area contributed by atoms with Crippen molar-refractivity contribution in [3.8, 4) is 6.07 Å². The molecule has 5 fully saturated rings. The Kier molecular flexibility index (Phi) is 23.0. The van der Waals surface area contributed by atoms with Crippen LogP contribution in [-0.4, -0.2) is 138 Å². The Labute approximate surface area is 639 Å². The van der Waals surface area contributed by atoms with E-state index in [1.165, 1.54) is 63.1 Å². The summed E-state index contributed by atoms with van der Waals surface area (Å²) in [5.74, 6) is -9.05. The molecular weight excluding hydrogens is 1540 g/mol. The number of esters is 1. The largest absolute Gasteiger partial charge is 0.469 e. The number of halogens is 10. The predicted octanol–water partition coefficient (Wildman–Crippen LogP) is 13.5. The SMILES string of the molecule is CC(CO)Cn1cc([C@@H]2C[C@]3(C[C@H](C)N2)OCC(F)(F)c2cc(Cl)sc23)nn1.COC(=O)C1(C2CC3(CC(C)N2)OCCc2cc(Cl)sc23)CC1.C[C@H](CO)Cn1cc([C@@H]2C[C@]3(C[C@H](C)N2)OCC(F)(F)c2cc(Cl)sc23)nn1.C[C@H]1C[C@@]2(C[C@@H](c3cn(CC#N)nn3)N1)OCC(F)(F)c1cc(Cl)sc12.